The number of halogens is 5. The number of hydrogen-bond acceptors (Lipinski definition) is 6. The van der Waals surface area contributed by atoms with Crippen LogP contribution in [0.15, 0.2) is 35.3 Å². The molecule has 7 nitrogen and oxygen atoms in total. The Kier molecular flexibility index (Phi) is 8.29. The Morgan fingerprint density at radius 3 is 2.35 bits per heavy atom. The van der Waals surface area contributed by atoms with Gasteiger partial charge in [-0.2, -0.15) is 13.2 Å². The quantitative estimate of drug-likeness (QED) is 0.271. The molecule has 0 bridgehead atoms. The summed E-state index contributed by atoms with van der Waals surface area (Å²) in [5.41, 5.74) is -0.488. The third-order valence-electron chi connectivity index (χ3n) is 6.71. The Hall–Kier alpha value is -3.80. The molecule has 1 fully saturated rings. The zero-order valence-electron chi connectivity index (χ0n) is 22.6. The molecule has 2 atom stereocenters. The molecule has 0 amide bonds. The van der Waals surface area contributed by atoms with Gasteiger partial charge in [0.1, 0.15) is 28.7 Å². The molecular formula is C28H28F5N5O2. The molecule has 1 aliphatic rings. The van der Waals surface area contributed by atoms with Crippen LogP contribution in [0, 0.1) is 25.5 Å². The van der Waals surface area contributed by atoms with Crippen LogP contribution in [0.25, 0.3) is 22.4 Å². The molecule has 212 valence electrons. The molecule has 40 heavy (non-hydrogen) atoms. The Morgan fingerprint density at radius 1 is 0.975 bits per heavy atom. The van der Waals surface area contributed by atoms with Gasteiger partial charge in [0.15, 0.2) is 5.65 Å². The van der Waals surface area contributed by atoms with Crippen LogP contribution in [0.3, 0.4) is 0 Å². The minimum absolute atomic E-state index is 0.0524. The summed E-state index contributed by atoms with van der Waals surface area (Å²) in [6.45, 7) is 7.72. The van der Waals surface area contributed by atoms with E-state index in [1.54, 1.807) is 33.2 Å². The van der Waals surface area contributed by atoms with Crippen molar-refractivity contribution in [3.05, 3.63) is 80.8 Å². The Morgan fingerprint density at radius 2 is 1.68 bits per heavy atom. The lowest BCUT2D eigenvalue weighted by molar-refractivity contribution is -0.140. The molecule has 0 saturated carbocycles. The number of aromatic nitrogens is 5. The number of fused-ring (bicyclic) bond motifs is 1. The predicted octanol–water partition coefficient (Wildman–Crippen LogP) is 6.36. The van der Waals surface area contributed by atoms with Crippen molar-refractivity contribution in [2.24, 2.45) is 7.05 Å². The van der Waals surface area contributed by atoms with E-state index in [4.69, 9.17) is 4.74 Å². The standard InChI is InChI=1S/C26H22F5N5O2.C2H6/c1-12-13(2)33-25-23(32-12)22(16-9-19(28)17(10-18(16)27)26(29,30)31)34-24(35-25)14-6-7-38-20(8-14)15-4-5-21(37)36(3)11-15;1-2/h4-5,9-11,14,20H,6-8H2,1-3H3;1-2H3. The maximum atomic E-state index is 15.1. The zero-order chi connectivity index (χ0) is 29.4. The summed E-state index contributed by atoms with van der Waals surface area (Å²) in [5, 5.41) is 0. The fourth-order valence-electron chi connectivity index (χ4n) is 4.51. The van der Waals surface area contributed by atoms with Gasteiger partial charge in [-0.25, -0.2) is 28.7 Å². The van der Waals surface area contributed by atoms with Crippen molar-refractivity contribution < 1.29 is 26.7 Å². The number of hydrogen-bond donors (Lipinski definition) is 0. The molecule has 0 spiro atoms. The van der Waals surface area contributed by atoms with Gasteiger partial charge in [0.2, 0.25) is 5.56 Å². The van der Waals surface area contributed by atoms with Gasteiger partial charge in [0, 0.05) is 37.4 Å². The molecule has 1 aliphatic heterocycles. The van der Waals surface area contributed by atoms with Crippen LogP contribution in [0.4, 0.5) is 22.0 Å². The number of pyridine rings is 1. The summed E-state index contributed by atoms with van der Waals surface area (Å²) in [4.78, 5) is 29.7. The van der Waals surface area contributed by atoms with E-state index in [0.717, 1.165) is 5.56 Å². The summed E-state index contributed by atoms with van der Waals surface area (Å²) in [6, 6.07) is 3.73. The topological polar surface area (TPSA) is 82.8 Å². The number of nitrogens with zero attached hydrogens (tertiary/aromatic N) is 5. The minimum Gasteiger partial charge on any atom is -0.373 e. The van der Waals surface area contributed by atoms with Crippen molar-refractivity contribution in [2.75, 3.05) is 6.61 Å². The first-order chi connectivity index (χ1) is 18.9. The van der Waals surface area contributed by atoms with Gasteiger partial charge < -0.3 is 9.30 Å². The van der Waals surface area contributed by atoms with Gasteiger partial charge in [0.25, 0.3) is 0 Å². The summed E-state index contributed by atoms with van der Waals surface area (Å²) in [6.07, 6.45) is -2.83. The van der Waals surface area contributed by atoms with Crippen LogP contribution in [-0.4, -0.2) is 31.1 Å². The van der Waals surface area contributed by atoms with Gasteiger partial charge in [-0.1, -0.05) is 13.8 Å². The van der Waals surface area contributed by atoms with E-state index in [2.05, 4.69) is 19.9 Å². The first kappa shape index (κ1) is 29.2. The monoisotopic (exact) mass is 561 g/mol. The fourth-order valence-corrected chi connectivity index (χ4v) is 4.51. The fraction of sp³-hybridized carbons (Fsp3) is 0.393. The SMILES string of the molecule is CC.Cc1nc2nc(C3CCOC(c4ccc(=O)n(C)c4)C3)nc(-c3cc(F)c(C(F)(F)F)cc3F)c2nc1C. The summed E-state index contributed by atoms with van der Waals surface area (Å²) in [7, 11) is 1.63. The van der Waals surface area contributed by atoms with E-state index < -0.39 is 28.9 Å². The maximum Gasteiger partial charge on any atom is 0.419 e. The van der Waals surface area contributed by atoms with Crippen LogP contribution in [0.5, 0.6) is 0 Å². The Balaban J connectivity index is 0.00000181. The highest BCUT2D eigenvalue weighted by Gasteiger charge is 2.36. The van der Waals surface area contributed by atoms with Crippen LogP contribution in [0.1, 0.15) is 67.1 Å². The van der Waals surface area contributed by atoms with Crippen LogP contribution in [0.2, 0.25) is 0 Å². The van der Waals surface area contributed by atoms with Crippen LogP contribution in [-0.2, 0) is 18.0 Å². The largest absolute Gasteiger partial charge is 0.419 e. The van der Waals surface area contributed by atoms with E-state index in [1.165, 1.54) is 10.6 Å². The normalized spacial score (nSPS) is 17.4. The molecule has 5 rings (SSSR count). The van der Waals surface area contributed by atoms with Crippen molar-refractivity contribution in [1.29, 1.82) is 0 Å². The van der Waals surface area contributed by atoms with Crippen molar-refractivity contribution >= 4 is 11.2 Å². The van der Waals surface area contributed by atoms with Crippen molar-refractivity contribution in [3.8, 4) is 11.3 Å². The maximum absolute atomic E-state index is 15.1. The van der Waals surface area contributed by atoms with Crippen LogP contribution >= 0.6 is 0 Å². The molecule has 0 radical (unpaired) electrons. The molecule has 1 aromatic carbocycles. The van der Waals surface area contributed by atoms with Crippen molar-refractivity contribution in [3.63, 3.8) is 0 Å². The predicted molar refractivity (Wildman–Crippen MR) is 139 cm³/mol. The molecule has 1 saturated heterocycles. The van der Waals surface area contributed by atoms with Gasteiger partial charge in [-0.15, -0.1) is 0 Å². The summed E-state index contributed by atoms with van der Waals surface area (Å²) >= 11 is 0. The second kappa shape index (κ2) is 11.4. The Bertz CT molecular complexity index is 1620. The molecular weight excluding hydrogens is 533 g/mol. The van der Waals surface area contributed by atoms with Gasteiger partial charge in [0.05, 0.1) is 23.1 Å². The van der Waals surface area contributed by atoms with Gasteiger partial charge in [-0.05, 0) is 50.5 Å². The second-order valence-electron chi connectivity index (χ2n) is 9.30. The van der Waals surface area contributed by atoms with Gasteiger partial charge >= 0.3 is 6.18 Å². The summed E-state index contributed by atoms with van der Waals surface area (Å²) in [5.74, 6) is -2.94. The van der Waals surface area contributed by atoms with E-state index in [0.29, 0.717) is 36.9 Å². The number of ether oxygens (including phenoxy) is 1. The lowest BCUT2D eigenvalue weighted by Crippen LogP contribution is -2.23. The summed E-state index contributed by atoms with van der Waals surface area (Å²) < 4.78 is 76.4. The van der Waals surface area contributed by atoms with Crippen molar-refractivity contribution in [2.45, 2.75) is 58.7 Å². The van der Waals surface area contributed by atoms with E-state index in [9.17, 15) is 22.4 Å². The van der Waals surface area contributed by atoms with E-state index >= 15 is 4.39 Å². The molecule has 0 N–H and O–H groups in total. The first-order valence-corrected chi connectivity index (χ1v) is 12.8. The minimum atomic E-state index is -5.06. The number of benzene rings is 1. The van der Waals surface area contributed by atoms with E-state index in [-0.39, 0.29) is 46.3 Å². The zero-order valence-corrected chi connectivity index (χ0v) is 22.6. The number of alkyl halides is 3. The smallest absolute Gasteiger partial charge is 0.373 e. The van der Waals surface area contributed by atoms with Crippen molar-refractivity contribution in [1.82, 2.24) is 24.5 Å². The first-order valence-electron chi connectivity index (χ1n) is 12.8. The van der Waals surface area contributed by atoms with Gasteiger partial charge in [-0.3, -0.25) is 4.79 Å². The average molecular weight is 562 g/mol. The molecule has 3 aromatic heterocycles. The lowest BCUT2D eigenvalue weighted by atomic mass is 9.91. The highest BCUT2D eigenvalue weighted by Crippen LogP contribution is 2.39. The number of rotatable bonds is 3. The highest BCUT2D eigenvalue weighted by molar-refractivity contribution is 5.87. The third kappa shape index (κ3) is 5.72. The highest BCUT2D eigenvalue weighted by atomic mass is 19.4. The number of aryl methyl sites for hydroxylation is 3. The molecule has 4 heterocycles. The molecule has 0 aliphatic carbocycles. The lowest BCUT2D eigenvalue weighted by Gasteiger charge is -2.29. The molecule has 4 aromatic rings. The average Bonchev–Trinajstić information content (AvgIpc) is 2.92. The van der Waals surface area contributed by atoms with Crippen LogP contribution < -0.4 is 5.56 Å². The molecule has 2 unspecified atom stereocenters. The second-order valence-corrected chi connectivity index (χ2v) is 9.30. The molecule has 12 heteroatoms. The van der Waals surface area contributed by atoms with E-state index in [1.807, 2.05) is 13.8 Å². The Labute approximate surface area is 227 Å². The third-order valence-corrected chi connectivity index (χ3v) is 6.71.